The van der Waals surface area contributed by atoms with E-state index >= 15 is 0 Å². The summed E-state index contributed by atoms with van der Waals surface area (Å²) in [5.74, 6) is 2.44. The number of rotatable bonds is 3. The van der Waals surface area contributed by atoms with Crippen molar-refractivity contribution in [2.45, 2.75) is 6.54 Å². The Hall–Kier alpha value is -1.07. The third kappa shape index (κ3) is 2.74. The molecular formula is C11H16N4S. The Morgan fingerprint density at radius 2 is 2.25 bits per heavy atom. The highest BCUT2D eigenvalue weighted by atomic mass is 32.2. The smallest absolute Gasteiger partial charge is 0.142 e. The molecule has 1 aromatic heterocycles. The first-order valence-electron chi connectivity index (χ1n) is 5.36. The van der Waals surface area contributed by atoms with Gasteiger partial charge in [-0.15, -0.1) is 0 Å². The van der Waals surface area contributed by atoms with Crippen LogP contribution in [-0.4, -0.2) is 40.3 Å². The van der Waals surface area contributed by atoms with Crippen molar-refractivity contribution in [2.75, 3.05) is 24.6 Å². The summed E-state index contributed by atoms with van der Waals surface area (Å²) < 4.78 is 0. The molecule has 0 spiro atoms. The average Bonchev–Trinajstić information content (AvgIpc) is 2.31. The van der Waals surface area contributed by atoms with E-state index in [2.05, 4.69) is 9.88 Å². The van der Waals surface area contributed by atoms with Crippen LogP contribution in [0.2, 0.25) is 0 Å². The lowest BCUT2D eigenvalue weighted by atomic mass is 10.1. The third-order valence-electron chi connectivity index (χ3n) is 2.64. The molecule has 0 radical (unpaired) electrons. The number of amidine groups is 1. The zero-order chi connectivity index (χ0) is 11.4. The van der Waals surface area contributed by atoms with Gasteiger partial charge in [0, 0.05) is 37.3 Å². The summed E-state index contributed by atoms with van der Waals surface area (Å²) >= 11 is 2.00. The Balaban J connectivity index is 2.10. The summed E-state index contributed by atoms with van der Waals surface area (Å²) in [6.07, 6.45) is 1.69. The molecule has 2 rings (SSSR count). The monoisotopic (exact) mass is 236 g/mol. The number of thioether (sulfide) groups is 1. The van der Waals surface area contributed by atoms with E-state index in [1.807, 2.05) is 23.9 Å². The molecule has 1 aromatic rings. The van der Waals surface area contributed by atoms with Gasteiger partial charge in [-0.3, -0.25) is 15.3 Å². The molecule has 0 unspecified atom stereocenters. The summed E-state index contributed by atoms with van der Waals surface area (Å²) in [5.41, 5.74) is 7.20. The largest absolute Gasteiger partial charge is 0.382 e. The molecule has 0 aliphatic carbocycles. The second-order valence-electron chi connectivity index (χ2n) is 3.81. The van der Waals surface area contributed by atoms with E-state index in [1.54, 1.807) is 6.20 Å². The molecule has 0 saturated carbocycles. The fraction of sp³-hybridized carbons (Fsp3) is 0.455. The molecule has 4 nitrogen and oxygen atoms in total. The fourth-order valence-electron chi connectivity index (χ4n) is 1.81. The van der Waals surface area contributed by atoms with Crippen molar-refractivity contribution in [3.8, 4) is 0 Å². The Bertz CT molecular complexity index is 374. The van der Waals surface area contributed by atoms with Gasteiger partial charge in [0.15, 0.2) is 0 Å². The molecular weight excluding hydrogens is 220 g/mol. The Morgan fingerprint density at radius 1 is 1.50 bits per heavy atom. The summed E-state index contributed by atoms with van der Waals surface area (Å²) in [4.78, 5) is 6.55. The summed E-state index contributed by atoms with van der Waals surface area (Å²) in [5, 5.41) is 7.49. The normalized spacial score (nSPS) is 17.2. The zero-order valence-corrected chi connectivity index (χ0v) is 9.96. The van der Waals surface area contributed by atoms with Gasteiger partial charge < -0.3 is 5.73 Å². The number of pyridine rings is 1. The Morgan fingerprint density at radius 3 is 2.94 bits per heavy atom. The standard InChI is InChI=1S/C11H16N4S/c12-11(13)10-9(2-1-3-14-10)8-15-4-6-16-7-5-15/h1-3H,4-8H2,(H3,12,13). The maximum absolute atomic E-state index is 7.49. The minimum Gasteiger partial charge on any atom is -0.382 e. The van der Waals surface area contributed by atoms with Crippen molar-refractivity contribution in [1.29, 1.82) is 5.41 Å². The van der Waals surface area contributed by atoms with Gasteiger partial charge in [0.25, 0.3) is 0 Å². The number of nitrogens with one attached hydrogen (secondary N) is 1. The molecule has 3 N–H and O–H groups in total. The van der Waals surface area contributed by atoms with Crippen LogP contribution in [0.15, 0.2) is 18.3 Å². The first-order valence-corrected chi connectivity index (χ1v) is 6.51. The lowest BCUT2D eigenvalue weighted by molar-refractivity contribution is 0.294. The van der Waals surface area contributed by atoms with Gasteiger partial charge in [-0.05, 0) is 11.6 Å². The first-order chi connectivity index (χ1) is 7.77. The molecule has 1 saturated heterocycles. The van der Waals surface area contributed by atoms with Crippen LogP contribution in [0.1, 0.15) is 11.3 Å². The van der Waals surface area contributed by atoms with Crippen LogP contribution < -0.4 is 5.73 Å². The van der Waals surface area contributed by atoms with E-state index in [-0.39, 0.29) is 5.84 Å². The van der Waals surface area contributed by atoms with Crippen molar-refractivity contribution >= 4 is 17.6 Å². The number of nitrogens with two attached hydrogens (primary N) is 1. The number of hydrogen-bond donors (Lipinski definition) is 2. The Labute approximate surface area is 99.7 Å². The first kappa shape index (κ1) is 11.4. The van der Waals surface area contributed by atoms with Crippen LogP contribution in [0.5, 0.6) is 0 Å². The van der Waals surface area contributed by atoms with Crippen molar-refractivity contribution < 1.29 is 0 Å². The maximum Gasteiger partial charge on any atom is 0.142 e. The summed E-state index contributed by atoms with van der Waals surface area (Å²) in [6.45, 7) is 3.07. The van der Waals surface area contributed by atoms with E-state index in [1.165, 1.54) is 11.5 Å². The molecule has 1 aliphatic rings. The van der Waals surface area contributed by atoms with Gasteiger partial charge >= 0.3 is 0 Å². The molecule has 2 heterocycles. The highest BCUT2D eigenvalue weighted by Crippen LogP contribution is 2.14. The van der Waals surface area contributed by atoms with Crippen LogP contribution >= 0.6 is 11.8 Å². The van der Waals surface area contributed by atoms with Crippen molar-refractivity contribution in [3.05, 3.63) is 29.6 Å². The van der Waals surface area contributed by atoms with Crippen LogP contribution in [0.3, 0.4) is 0 Å². The molecule has 1 aliphatic heterocycles. The summed E-state index contributed by atoms with van der Waals surface area (Å²) in [7, 11) is 0. The van der Waals surface area contributed by atoms with E-state index in [0.717, 1.165) is 25.2 Å². The lowest BCUT2D eigenvalue weighted by Crippen LogP contribution is -2.33. The number of hydrogen-bond acceptors (Lipinski definition) is 4. The van der Waals surface area contributed by atoms with Gasteiger partial charge in [-0.2, -0.15) is 11.8 Å². The van der Waals surface area contributed by atoms with Crippen LogP contribution in [0.4, 0.5) is 0 Å². The number of nitrogen functional groups attached to an aromatic ring is 1. The lowest BCUT2D eigenvalue weighted by Gasteiger charge is -2.26. The zero-order valence-electron chi connectivity index (χ0n) is 9.15. The number of aromatic nitrogens is 1. The molecule has 16 heavy (non-hydrogen) atoms. The fourth-order valence-corrected chi connectivity index (χ4v) is 2.79. The SMILES string of the molecule is N=C(N)c1ncccc1CN1CCSCC1. The van der Waals surface area contributed by atoms with Gasteiger partial charge in [-0.25, -0.2) is 0 Å². The second-order valence-corrected chi connectivity index (χ2v) is 5.04. The summed E-state index contributed by atoms with van der Waals surface area (Å²) in [6, 6.07) is 3.91. The predicted molar refractivity (Wildman–Crippen MR) is 67.9 cm³/mol. The predicted octanol–water partition coefficient (Wildman–Crippen LogP) is 0.914. The molecule has 5 heteroatoms. The minimum absolute atomic E-state index is 0.0574. The Kier molecular flexibility index (Phi) is 3.79. The van der Waals surface area contributed by atoms with E-state index in [0.29, 0.717) is 5.69 Å². The molecule has 0 aromatic carbocycles. The second kappa shape index (κ2) is 5.32. The van der Waals surface area contributed by atoms with E-state index in [4.69, 9.17) is 11.1 Å². The quantitative estimate of drug-likeness (QED) is 0.605. The van der Waals surface area contributed by atoms with E-state index in [9.17, 15) is 0 Å². The molecule has 0 bridgehead atoms. The molecule has 1 fully saturated rings. The minimum atomic E-state index is 0.0574. The van der Waals surface area contributed by atoms with Crippen LogP contribution in [-0.2, 0) is 6.54 Å². The van der Waals surface area contributed by atoms with Gasteiger partial charge in [0.1, 0.15) is 11.5 Å². The van der Waals surface area contributed by atoms with Crippen molar-refractivity contribution in [2.24, 2.45) is 5.73 Å². The van der Waals surface area contributed by atoms with Gasteiger partial charge in [-0.1, -0.05) is 6.07 Å². The van der Waals surface area contributed by atoms with Gasteiger partial charge in [0.2, 0.25) is 0 Å². The average molecular weight is 236 g/mol. The molecule has 86 valence electrons. The topological polar surface area (TPSA) is 66.0 Å². The molecule has 0 atom stereocenters. The van der Waals surface area contributed by atoms with Crippen LogP contribution in [0.25, 0.3) is 0 Å². The van der Waals surface area contributed by atoms with Crippen molar-refractivity contribution in [3.63, 3.8) is 0 Å². The molecule has 0 amide bonds. The van der Waals surface area contributed by atoms with Gasteiger partial charge in [0.05, 0.1) is 0 Å². The van der Waals surface area contributed by atoms with Crippen molar-refractivity contribution in [1.82, 2.24) is 9.88 Å². The number of nitrogens with zero attached hydrogens (tertiary/aromatic N) is 2. The van der Waals surface area contributed by atoms with E-state index < -0.39 is 0 Å². The highest BCUT2D eigenvalue weighted by molar-refractivity contribution is 7.99. The maximum atomic E-state index is 7.49. The highest BCUT2D eigenvalue weighted by Gasteiger charge is 2.13. The van der Waals surface area contributed by atoms with Crippen LogP contribution in [0, 0.1) is 5.41 Å². The third-order valence-corrected chi connectivity index (χ3v) is 3.59.